The third-order valence-corrected chi connectivity index (χ3v) is 5.45. The lowest BCUT2D eigenvalue weighted by atomic mass is 10.1. The molecular weight excluding hydrogens is 397 g/mol. The summed E-state index contributed by atoms with van der Waals surface area (Å²) in [6, 6.07) is 7.40. The number of nitrogens with zero attached hydrogens (tertiary/aromatic N) is 5. The van der Waals surface area contributed by atoms with Crippen molar-refractivity contribution in [3.8, 4) is 0 Å². The molecule has 0 aliphatic carbocycles. The fourth-order valence-corrected chi connectivity index (χ4v) is 3.55. The van der Waals surface area contributed by atoms with Gasteiger partial charge in [0.1, 0.15) is 6.04 Å². The Labute approximate surface area is 170 Å². The van der Waals surface area contributed by atoms with Crippen LogP contribution in [0.4, 0.5) is 19.0 Å². The highest BCUT2D eigenvalue weighted by molar-refractivity contribution is 5.86. The van der Waals surface area contributed by atoms with Crippen LogP contribution >= 0.6 is 0 Å². The van der Waals surface area contributed by atoms with E-state index in [4.69, 9.17) is 0 Å². The molecule has 0 bridgehead atoms. The van der Waals surface area contributed by atoms with Crippen molar-refractivity contribution in [1.29, 1.82) is 0 Å². The van der Waals surface area contributed by atoms with Crippen LogP contribution in [0.3, 0.4) is 0 Å². The summed E-state index contributed by atoms with van der Waals surface area (Å²) in [6.45, 7) is 6.44. The Kier molecular flexibility index (Phi) is 4.87. The minimum atomic E-state index is -4.68. The number of rotatable bonds is 4. The number of benzene rings is 1. The van der Waals surface area contributed by atoms with E-state index in [9.17, 15) is 18.0 Å². The minimum absolute atomic E-state index is 0.0455. The molecule has 4 rings (SSSR count). The summed E-state index contributed by atoms with van der Waals surface area (Å²) in [6.07, 6.45) is -4.14. The maximum atomic E-state index is 13.2. The summed E-state index contributed by atoms with van der Waals surface area (Å²) in [5.74, 6) is -1.07. The number of alkyl halides is 3. The monoisotopic (exact) mass is 418 g/mol. The van der Waals surface area contributed by atoms with Gasteiger partial charge in [-0.15, -0.1) is 15.3 Å². The number of hydrogen-bond acceptors (Lipinski definition) is 5. The number of aromatic nitrogens is 4. The van der Waals surface area contributed by atoms with E-state index in [1.807, 2.05) is 31.2 Å². The molecule has 30 heavy (non-hydrogen) atoms. The minimum Gasteiger partial charge on any atom is -0.357 e. The molecule has 1 unspecified atom stereocenters. The number of likely N-dealkylation sites (tertiary alicyclic amines) is 1. The Hall–Kier alpha value is -3.17. The van der Waals surface area contributed by atoms with E-state index in [-0.39, 0.29) is 17.4 Å². The van der Waals surface area contributed by atoms with Gasteiger partial charge in [-0.25, -0.2) is 0 Å². The summed E-state index contributed by atoms with van der Waals surface area (Å²) in [7, 11) is 0. The van der Waals surface area contributed by atoms with E-state index in [2.05, 4.69) is 20.6 Å². The zero-order valence-corrected chi connectivity index (χ0v) is 16.8. The topological polar surface area (TPSA) is 75.4 Å². The Bertz CT molecular complexity index is 1110. The number of hydrogen-bond donors (Lipinski definition) is 1. The largest absolute Gasteiger partial charge is 0.453 e. The van der Waals surface area contributed by atoms with Crippen LogP contribution in [0, 0.1) is 20.8 Å². The highest BCUT2D eigenvalue weighted by atomic mass is 19.4. The van der Waals surface area contributed by atoms with Crippen LogP contribution in [0.15, 0.2) is 24.3 Å². The fraction of sp³-hybridized carbons (Fsp3) is 0.400. The molecule has 1 aliphatic rings. The van der Waals surface area contributed by atoms with E-state index in [1.165, 1.54) is 0 Å². The van der Waals surface area contributed by atoms with Gasteiger partial charge in [0.2, 0.25) is 5.91 Å². The molecule has 158 valence electrons. The van der Waals surface area contributed by atoms with Gasteiger partial charge in [-0.1, -0.05) is 29.8 Å². The number of nitrogens with one attached hydrogen (secondary N) is 1. The predicted molar refractivity (Wildman–Crippen MR) is 104 cm³/mol. The summed E-state index contributed by atoms with van der Waals surface area (Å²) in [5.41, 5.74) is 3.38. The number of carbonyl (C=O) groups is 1. The van der Waals surface area contributed by atoms with Gasteiger partial charge in [0.25, 0.3) is 5.82 Å². The predicted octanol–water partition coefficient (Wildman–Crippen LogP) is 3.28. The van der Waals surface area contributed by atoms with Crippen LogP contribution in [0.5, 0.6) is 0 Å². The zero-order valence-electron chi connectivity index (χ0n) is 16.8. The smallest absolute Gasteiger partial charge is 0.357 e. The number of amides is 1. The second-order valence-electron chi connectivity index (χ2n) is 7.59. The number of carbonyl (C=O) groups excluding carboxylic acids is 1. The summed E-state index contributed by atoms with van der Waals surface area (Å²) < 4.78 is 40.4. The SMILES string of the molecule is Cc1ccc(CN2CCC(Nc3nn4c(C(F)(F)F)nnc4c(C)c3C)C2=O)cc1. The Morgan fingerprint density at radius 1 is 1.10 bits per heavy atom. The van der Waals surface area contributed by atoms with Gasteiger partial charge < -0.3 is 10.2 Å². The first-order valence-corrected chi connectivity index (χ1v) is 9.56. The summed E-state index contributed by atoms with van der Waals surface area (Å²) in [5, 5.41) is 14.0. The van der Waals surface area contributed by atoms with Crippen molar-refractivity contribution in [1.82, 2.24) is 24.7 Å². The van der Waals surface area contributed by atoms with Crippen molar-refractivity contribution in [2.24, 2.45) is 0 Å². The van der Waals surface area contributed by atoms with Crippen molar-refractivity contribution in [2.45, 2.75) is 46.0 Å². The molecule has 1 atom stereocenters. The number of halogens is 3. The molecule has 1 aromatic carbocycles. The van der Waals surface area contributed by atoms with Gasteiger partial charge in [0.15, 0.2) is 11.5 Å². The van der Waals surface area contributed by atoms with E-state index >= 15 is 0 Å². The number of anilines is 1. The Morgan fingerprint density at radius 2 is 1.80 bits per heavy atom. The third-order valence-electron chi connectivity index (χ3n) is 5.45. The lowest BCUT2D eigenvalue weighted by Gasteiger charge is -2.19. The van der Waals surface area contributed by atoms with Crippen molar-refractivity contribution < 1.29 is 18.0 Å². The van der Waals surface area contributed by atoms with Gasteiger partial charge in [-0.05, 0) is 38.3 Å². The highest BCUT2D eigenvalue weighted by Crippen LogP contribution is 2.30. The average Bonchev–Trinajstić information content (AvgIpc) is 3.26. The molecule has 1 N–H and O–H groups in total. The Morgan fingerprint density at radius 3 is 2.47 bits per heavy atom. The second kappa shape index (κ2) is 7.26. The maximum absolute atomic E-state index is 13.2. The molecule has 1 fully saturated rings. The Balaban J connectivity index is 1.57. The quantitative estimate of drug-likeness (QED) is 0.704. The molecule has 1 saturated heterocycles. The van der Waals surface area contributed by atoms with Gasteiger partial charge in [-0.3, -0.25) is 4.79 Å². The second-order valence-corrected chi connectivity index (χ2v) is 7.59. The fourth-order valence-electron chi connectivity index (χ4n) is 3.55. The summed E-state index contributed by atoms with van der Waals surface area (Å²) in [4.78, 5) is 14.6. The number of fused-ring (bicyclic) bond motifs is 1. The summed E-state index contributed by atoms with van der Waals surface area (Å²) >= 11 is 0. The molecule has 3 heterocycles. The highest BCUT2D eigenvalue weighted by Gasteiger charge is 2.38. The molecular formula is C20H21F3N6O. The first-order chi connectivity index (χ1) is 14.1. The van der Waals surface area contributed by atoms with Crippen LogP contribution in [0.1, 0.15) is 34.5 Å². The van der Waals surface area contributed by atoms with Crippen LogP contribution < -0.4 is 5.32 Å². The van der Waals surface area contributed by atoms with E-state index < -0.39 is 18.0 Å². The molecule has 0 radical (unpaired) electrons. The first kappa shape index (κ1) is 20.1. The van der Waals surface area contributed by atoms with Crippen LogP contribution in [0.2, 0.25) is 0 Å². The van der Waals surface area contributed by atoms with Crippen LogP contribution in [-0.2, 0) is 17.5 Å². The molecule has 1 amide bonds. The lowest BCUT2D eigenvalue weighted by molar-refractivity contribution is -0.146. The average molecular weight is 418 g/mol. The van der Waals surface area contributed by atoms with Crippen LogP contribution in [0.25, 0.3) is 5.65 Å². The van der Waals surface area contributed by atoms with Crippen molar-refractivity contribution in [2.75, 3.05) is 11.9 Å². The molecule has 0 saturated carbocycles. The van der Waals surface area contributed by atoms with Gasteiger partial charge in [-0.2, -0.15) is 17.7 Å². The zero-order chi connectivity index (χ0) is 21.6. The van der Waals surface area contributed by atoms with Gasteiger partial charge in [0.05, 0.1) is 0 Å². The molecule has 0 spiro atoms. The van der Waals surface area contributed by atoms with Crippen molar-refractivity contribution in [3.63, 3.8) is 0 Å². The van der Waals surface area contributed by atoms with Crippen molar-refractivity contribution in [3.05, 3.63) is 52.3 Å². The molecule has 2 aromatic heterocycles. The third kappa shape index (κ3) is 3.57. The maximum Gasteiger partial charge on any atom is 0.453 e. The molecule has 3 aromatic rings. The first-order valence-electron chi connectivity index (χ1n) is 9.56. The van der Waals surface area contributed by atoms with Gasteiger partial charge >= 0.3 is 6.18 Å². The molecule has 1 aliphatic heterocycles. The van der Waals surface area contributed by atoms with E-state index in [1.54, 1.807) is 18.7 Å². The molecule has 7 nitrogen and oxygen atoms in total. The van der Waals surface area contributed by atoms with Crippen molar-refractivity contribution >= 4 is 17.4 Å². The van der Waals surface area contributed by atoms with Gasteiger partial charge in [0, 0.05) is 18.7 Å². The standard InChI is InChI=1S/C20H21F3N6O/c1-11-4-6-14(7-5-11)10-28-9-8-15(18(28)30)24-16-12(2)13(3)17-25-26-19(20(21,22)23)29(17)27-16/h4-7,15H,8-10H2,1-3H3,(H,24,27). The normalized spacial score (nSPS) is 17.2. The van der Waals surface area contributed by atoms with Crippen LogP contribution in [-0.4, -0.2) is 43.2 Å². The lowest BCUT2D eigenvalue weighted by Crippen LogP contribution is -2.33. The molecule has 10 heteroatoms. The van der Waals surface area contributed by atoms with E-state index in [0.29, 0.717) is 35.2 Å². The van der Waals surface area contributed by atoms with E-state index in [0.717, 1.165) is 11.1 Å². The number of aryl methyl sites for hydroxylation is 2.